The summed E-state index contributed by atoms with van der Waals surface area (Å²) in [5.41, 5.74) is -0.672. The van der Waals surface area contributed by atoms with Crippen molar-refractivity contribution >= 4 is 65.7 Å². The van der Waals surface area contributed by atoms with Gasteiger partial charge in [0.1, 0.15) is 0 Å². The summed E-state index contributed by atoms with van der Waals surface area (Å²) in [6.45, 7) is 12.5. The SMILES string of the molecule is CC(C)(C)c1ccc(C2(c3ccc(C(C)(C)C)cc3)c3sc(-c4ccc(Br)cc4)cc3C3=C(c4cc(-c5ccc(Br)cc5)sc42)C(F)(F)C(F)(F)C3(F)F)cc1. The minimum Gasteiger partial charge on any atom is -0.194 e. The first-order valence-corrected chi connectivity index (χ1v) is 21.2. The van der Waals surface area contributed by atoms with Crippen molar-refractivity contribution in [2.24, 2.45) is 0 Å². The van der Waals surface area contributed by atoms with Gasteiger partial charge in [0.25, 0.3) is 0 Å². The molecule has 0 bridgehead atoms. The fourth-order valence-corrected chi connectivity index (χ4v) is 11.3. The smallest absolute Gasteiger partial charge is 0.194 e. The number of thiophene rings is 2. The monoisotopic (exact) mass is 924 g/mol. The van der Waals surface area contributed by atoms with Crippen LogP contribution >= 0.6 is 54.5 Å². The zero-order valence-corrected chi connectivity index (χ0v) is 36.0. The van der Waals surface area contributed by atoms with Gasteiger partial charge >= 0.3 is 17.8 Å². The normalized spacial score (nSPS) is 18.0. The lowest BCUT2D eigenvalue weighted by atomic mass is 9.69. The van der Waals surface area contributed by atoms with Gasteiger partial charge in [0.2, 0.25) is 0 Å². The van der Waals surface area contributed by atoms with Crippen LogP contribution in [0, 0.1) is 0 Å². The van der Waals surface area contributed by atoms with Gasteiger partial charge in [-0.2, -0.15) is 26.3 Å². The lowest BCUT2D eigenvalue weighted by Gasteiger charge is -2.37. The summed E-state index contributed by atoms with van der Waals surface area (Å²) in [5.74, 6) is -16.1. The maximum absolute atomic E-state index is 16.7. The Kier molecular flexibility index (Phi) is 9.17. The molecule has 0 saturated carbocycles. The van der Waals surface area contributed by atoms with Crippen LogP contribution in [0.15, 0.2) is 118 Å². The zero-order chi connectivity index (χ0) is 40.4. The van der Waals surface area contributed by atoms with Crippen molar-refractivity contribution in [1.29, 1.82) is 0 Å². The summed E-state index contributed by atoms with van der Waals surface area (Å²) >= 11 is 9.25. The molecule has 8 rings (SSSR count). The third-order valence-electron chi connectivity index (χ3n) is 11.0. The molecule has 6 aromatic rings. The highest BCUT2D eigenvalue weighted by Gasteiger charge is 2.81. The van der Waals surface area contributed by atoms with E-state index >= 15 is 26.3 Å². The number of alkyl halides is 6. The van der Waals surface area contributed by atoms with E-state index in [0.717, 1.165) is 20.1 Å². The number of hydrogen-bond acceptors (Lipinski definition) is 2. The van der Waals surface area contributed by atoms with E-state index in [2.05, 4.69) is 73.4 Å². The Morgan fingerprint density at radius 3 is 1.09 bits per heavy atom. The third kappa shape index (κ3) is 5.78. The molecular weight excluding hydrogens is 890 g/mol. The van der Waals surface area contributed by atoms with Crippen molar-refractivity contribution in [2.45, 2.75) is 75.6 Å². The van der Waals surface area contributed by atoms with Crippen LogP contribution < -0.4 is 0 Å². The summed E-state index contributed by atoms with van der Waals surface area (Å²) in [6.07, 6.45) is 0. The molecule has 10 heteroatoms. The lowest BCUT2D eigenvalue weighted by Crippen LogP contribution is -2.49. The third-order valence-corrected chi connectivity index (χ3v) is 14.6. The van der Waals surface area contributed by atoms with E-state index in [0.29, 0.717) is 32.0 Å². The Morgan fingerprint density at radius 2 is 0.786 bits per heavy atom. The molecule has 0 atom stereocenters. The number of hydrogen-bond donors (Lipinski definition) is 0. The van der Waals surface area contributed by atoms with Gasteiger partial charge in [-0.05, 0) is 80.6 Å². The number of rotatable bonds is 4. The standard InChI is InChI=1S/C46H36Br2F6S2/c1-41(2,3)27-11-15-29(16-12-27)43(30-17-13-28(14-18-30)42(4,5)6)39-33(23-35(55-39)25-7-19-31(47)20-8-25)37-38(45(51,52)46(53,54)44(37,49)50)34-24-36(56-40(34)43)26-9-21-32(48)22-10-26/h7-24H,1-6H3. The molecule has 56 heavy (non-hydrogen) atoms. The van der Waals surface area contributed by atoms with E-state index in [9.17, 15) is 0 Å². The van der Waals surface area contributed by atoms with Gasteiger partial charge in [-0.25, -0.2) is 0 Å². The van der Waals surface area contributed by atoms with Crippen LogP contribution in [-0.2, 0) is 16.2 Å². The molecule has 2 aliphatic carbocycles. The van der Waals surface area contributed by atoms with E-state index in [1.807, 2.05) is 48.5 Å². The second-order valence-electron chi connectivity index (χ2n) is 16.6. The molecule has 2 aliphatic rings. The van der Waals surface area contributed by atoms with Gasteiger partial charge in [-0.1, -0.05) is 146 Å². The van der Waals surface area contributed by atoms with Crippen LogP contribution in [0.25, 0.3) is 32.0 Å². The Balaban J connectivity index is 1.59. The number of halogens is 8. The van der Waals surface area contributed by atoms with Crippen molar-refractivity contribution in [3.05, 3.63) is 161 Å². The van der Waals surface area contributed by atoms with E-state index in [4.69, 9.17) is 0 Å². The van der Waals surface area contributed by atoms with Crippen LogP contribution in [-0.4, -0.2) is 17.8 Å². The van der Waals surface area contributed by atoms with Crippen molar-refractivity contribution in [3.63, 3.8) is 0 Å². The molecule has 0 fully saturated rings. The fourth-order valence-electron chi connectivity index (χ4n) is 7.89. The molecule has 0 aliphatic heterocycles. The maximum Gasteiger partial charge on any atom is 0.380 e. The van der Waals surface area contributed by atoms with E-state index in [1.54, 1.807) is 48.5 Å². The Hall–Kier alpha value is -3.44. The minimum absolute atomic E-state index is 0.242. The molecule has 0 saturated heterocycles. The Morgan fingerprint density at radius 1 is 0.464 bits per heavy atom. The first-order chi connectivity index (χ1) is 26.1. The lowest BCUT2D eigenvalue weighted by molar-refractivity contribution is -0.254. The Bertz CT molecular complexity index is 2340. The summed E-state index contributed by atoms with van der Waals surface area (Å²) < 4.78 is 100. The first-order valence-electron chi connectivity index (χ1n) is 18.0. The molecule has 0 amide bonds. The second-order valence-corrected chi connectivity index (χ2v) is 20.5. The first kappa shape index (κ1) is 39.4. The highest BCUT2D eigenvalue weighted by molar-refractivity contribution is 9.10. The van der Waals surface area contributed by atoms with Crippen LogP contribution in [0.3, 0.4) is 0 Å². The molecular formula is C46H36Br2F6S2. The molecule has 0 spiro atoms. The van der Waals surface area contributed by atoms with E-state index in [1.165, 1.54) is 34.8 Å². The van der Waals surface area contributed by atoms with Crippen molar-refractivity contribution in [2.75, 3.05) is 0 Å². The van der Waals surface area contributed by atoms with Gasteiger partial charge in [0, 0.05) is 50.7 Å². The molecule has 0 radical (unpaired) electrons. The predicted molar refractivity (Wildman–Crippen MR) is 226 cm³/mol. The van der Waals surface area contributed by atoms with Crippen LogP contribution in [0.4, 0.5) is 26.3 Å². The average Bonchev–Trinajstić information content (AvgIpc) is 3.77. The molecule has 0 nitrogen and oxygen atoms in total. The Labute approximate surface area is 347 Å². The maximum atomic E-state index is 16.7. The molecule has 0 N–H and O–H groups in total. The largest absolute Gasteiger partial charge is 0.380 e. The molecule has 288 valence electrons. The van der Waals surface area contributed by atoms with Crippen LogP contribution in [0.2, 0.25) is 0 Å². The molecule has 4 aromatic carbocycles. The average molecular weight is 927 g/mol. The van der Waals surface area contributed by atoms with Crippen molar-refractivity contribution in [3.8, 4) is 20.9 Å². The van der Waals surface area contributed by atoms with Crippen molar-refractivity contribution < 1.29 is 26.3 Å². The van der Waals surface area contributed by atoms with Gasteiger partial charge in [-0.3, -0.25) is 0 Å². The summed E-state index contributed by atoms with van der Waals surface area (Å²) in [6, 6.07) is 32.8. The van der Waals surface area contributed by atoms with Crippen LogP contribution in [0.5, 0.6) is 0 Å². The topological polar surface area (TPSA) is 0 Å². The van der Waals surface area contributed by atoms with Crippen LogP contribution in [0.1, 0.15) is 84.7 Å². The summed E-state index contributed by atoms with van der Waals surface area (Å²) in [7, 11) is 0. The molecule has 2 heterocycles. The summed E-state index contributed by atoms with van der Waals surface area (Å²) in [5, 5.41) is 0. The number of fused-ring (bicyclic) bond motifs is 4. The van der Waals surface area contributed by atoms with Gasteiger partial charge in [-0.15, -0.1) is 22.7 Å². The number of benzene rings is 4. The summed E-state index contributed by atoms with van der Waals surface area (Å²) in [4.78, 5) is 1.51. The number of allylic oxidation sites excluding steroid dienone is 2. The molecule has 0 unspecified atom stereocenters. The quantitative estimate of drug-likeness (QED) is 0.155. The van der Waals surface area contributed by atoms with E-state index in [-0.39, 0.29) is 31.7 Å². The highest BCUT2D eigenvalue weighted by atomic mass is 79.9. The second kappa shape index (κ2) is 13.0. The molecule has 2 aromatic heterocycles. The van der Waals surface area contributed by atoms with Crippen molar-refractivity contribution in [1.82, 2.24) is 0 Å². The fraction of sp³-hybridized carbons (Fsp3) is 0.261. The van der Waals surface area contributed by atoms with E-state index < -0.39 is 34.3 Å². The van der Waals surface area contributed by atoms with Gasteiger partial charge in [0.05, 0.1) is 5.41 Å². The van der Waals surface area contributed by atoms with Gasteiger partial charge in [0.15, 0.2) is 0 Å². The zero-order valence-electron chi connectivity index (χ0n) is 31.2. The highest BCUT2D eigenvalue weighted by Crippen LogP contribution is 2.70. The predicted octanol–water partition coefficient (Wildman–Crippen LogP) is 15.8. The van der Waals surface area contributed by atoms with Gasteiger partial charge < -0.3 is 0 Å². The minimum atomic E-state index is -5.69.